The maximum atomic E-state index is 13.2. The quantitative estimate of drug-likeness (QED) is 0.484. The smallest absolute Gasteiger partial charge is 0.246 e. The number of aromatic nitrogens is 3. The minimum atomic E-state index is -0.470. The molecule has 1 aromatic carbocycles. The summed E-state index contributed by atoms with van der Waals surface area (Å²) in [4.78, 5) is 15.9. The third-order valence-corrected chi connectivity index (χ3v) is 5.22. The molecule has 3 aromatic rings. The molecule has 0 spiro atoms. The molecule has 0 radical (unpaired) electrons. The molecule has 1 N–H and O–H groups in total. The Balaban J connectivity index is 1.89. The number of rotatable bonds is 7. The van der Waals surface area contributed by atoms with Gasteiger partial charge < -0.3 is 4.90 Å². The van der Waals surface area contributed by atoms with Crippen LogP contribution in [0.3, 0.4) is 0 Å². The molecular formula is C19H20N4OS2. The Kier molecular flexibility index (Phi) is 5.80. The first-order valence-electron chi connectivity index (χ1n) is 8.26. The van der Waals surface area contributed by atoms with Gasteiger partial charge in [0.05, 0.1) is 4.88 Å². The number of carbonyl (C=O) groups is 1. The second kappa shape index (κ2) is 8.25. The molecule has 1 atom stereocenters. The van der Waals surface area contributed by atoms with E-state index in [2.05, 4.69) is 16.8 Å². The van der Waals surface area contributed by atoms with Crippen LogP contribution in [-0.4, -0.2) is 32.1 Å². The van der Waals surface area contributed by atoms with Gasteiger partial charge in [-0.2, -0.15) is 5.10 Å². The molecule has 0 aliphatic heterocycles. The molecule has 3 rings (SSSR count). The number of aromatic amines is 1. The Morgan fingerprint density at radius 3 is 2.81 bits per heavy atom. The standard InChI is InChI=1S/C19H20N4OS2/c1-3-11-22(13-15-8-5-4-6-9-15)18(24)14(2)23-17(20-21-19(23)25)16-10-7-12-26-16/h3-10,12,14H,1,11,13H2,2H3,(H,21,25). The zero-order valence-electron chi connectivity index (χ0n) is 14.5. The molecule has 134 valence electrons. The highest BCUT2D eigenvalue weighted by molar-refractivity contribution is 7.71. The first-order valence-corrected chi connectivity index (χ1v) is 9.55. The van der Waals surface area contributed by atoms with Crippen LogP contribution in [0.2, 0.25) is 0 Å². The van der Waals surface area contributed by atoms with Gasteiger partial charge in [-0.05, 0) is 36.2 Å². The van der Waals surface area contributed by atoms with E-state index in [1.165, 1.54) is 0 Å². The average Bonchev–Trinajstić information content (AvgIpc) is 3.30. The fraction of sp³-hybridized carbons (Fsp3) is 0.211. The van der Waals surface area contributed by atoms with Crippen LogP contribution in [0.4, 0.5) is 0 Å². The van der Waals surface area contributed by atoms with Crippen molar-refractivity contribution in [2.75, 3.05) is 6.54 Å². The predicted molar refractivity (Wildman–Crippen MR) is 107 cm³/mol. The van der Waals surface area contributed by atoms with E-state index in [1.807, 2.05) is 54.8 Å². The number of nitrogens with one attached hydrogen (secondary N) is 1. The lowest BCUT2D eigenvalue weighted by Crippen LogP contribution is -2.36. The number of H-pyrrole nitrogens is 1. The summed E-state index contributed by atoms with van der Waals surface area (Å²) in [5.41, 5.74) is 1.07. The van der Waals surface area contributed by atoms with Crippen molar-refractivity contribution >= 4 is 29.5 Å². The third kappa shape index (κ3) is 3.84. The summed E-state index contributed by atoms with van der Waals surface area (Å²) in [6.07, 6.45) is 1.74. The van der Waals surface area contributed by atoms with Crippen LogP contribution in [0, 0.1) is 4.77 Å². The van der Waals surface area contributed by atoms with Crippen molar-refractivity contribution in [1.29, 1.82) is 0 Å². The van der Waals surface area contributed by atoms with Crippen molar-refractivity contribution in [1.82, 2.24) is 19.7 Å². The summed E-state index contributed by atoms with van der Waals surface area (Å²) >= 11 is 6.95. The lowest BCUT2D eigenvalue weighted by molar-refractivity contribution is -0.134. The minimum absolute atomic E-state index is 0.0240. The van der Waals surface area contributed by atoms with Crippen LogP contribution in [0.1, 0.15) is 18.5 Å². The molecule has 0 bridgehead atoms. The van der Waals surface area contributed by atoms with Gasteiger partial charge in [-0.15, -0.1) is 17.9 Å². The predicted octanol–water partition coefficient (Wildman–Crippen LogP) is 4.44. The van der Waals surface area contributed by atoms with Crippen molar-refractivity contribution in [3.63, 3.8) is 0 Å². The van der Waals surface area contributed by atoms with E-state index in [9.17, 15) is 4.79 Å². The summed E-state index contributed by atoms with van der Waals surface area (Å²) in [5, 5.41) is 9.11. The largest absolute Gasteiger partial charge is 0.333 e. The van der Waals surface area contributed by atoms with Crippen LogP contribution >= 0.6 is 23.6 Å². The molecule has 5 nitrogen and oxygen atoms in total. The molecule has 0 aliphatic carbocycles. The number of thiophene rings is 1. The Hall–Kier alpha value is -2.51. The molecule has 0 fully saturated rings. The van der Waals surface area contributed by atoms with Crippen molar-refractivity contribution in [3.8, 4) is 10.7 Å². The average molecular weight is 385 g/mol. The van der Waals surface area contributed by atoms with Gasteiger partial charge in [-0.3, -0.25) is 14.5 Å². The highest BCUT2D eigenvalue weighted by atomic mass is 32.1. The molecule has 1 amide bonds. The summed E-state index contributed by atoms with van der Waals surface area (Å²) in [6, 6.07) is 13.4. The summed E-state index contributed by atoms with van der Waals surface area (Å²) in [5.74, 6) is 0.660. The fourth-order valence-corrected chi connectivity index (χ4v) is 3.81. The van der Waals surface area contributed by atoms with E-state index in [0.717, 1.165) is 10.4 Å². The first kappa shape index (κ1) is 18.3. The van der Waals surface area contributed by atoms with Gasteiger partial charge in [0.1, 0.15) is 6.04 Å². The van der Waals surface area contributed by atoms with E-state index in [4.69, 9.17) is 12.2 Å². The Morgan fingerprint density at radius 1 is 1.38 bits per heavy atom. The SMILES string of the molecule is C=CCN(Cc1ccccc1)C(=O)C(C)n1c(-c2cccs2)n[nH]c1=S. The Morgan fingerprint density at radius 2 is 2.15 bits per heavy atom. The number of carbonyl (C=O) groups excluding carboxylic acids is 1. The molecule has 2 heterocycles. The summed E-state index contributed by atoms with van der Waals surface area (Å²) < 4.78 is 2.22. The van der Waals surface area contributed by atoms with E-state index in [1.54, 1.807) is 26.9 Å². The molecule has 2 aromatic heterocycles. The summed E-state index contributed by atoms with van der Waals surface area (Å²) in [7, 11) is 0. The molecule has 26 heavy (non-hydrogen) atoms. The van der Waals surface area contributed by atoms with Crippen LogP contribution in [0.5, 0.6) is 0 Å². The van der Waals surface area contributed by atoms with Crippen molar-refractivity contribution in [2.24, 2.45) is 0 Å². The number of nitrogens with zero attached hydrogens (tertiary/aromatic N) is 3. The van der Waals surface area contributed by atoms with Gasteiger partial charge in [-0.1, -0.05) is 42.5 Å². The van der Waals surface area contributed by atoms with Crippen LogP contribution in [-0.2, 0) is 11.3 Å². The van der Waals surface area contributed by atoms with E-state index < -0.39 is 6.04 Å². The lowest BCUT2D eigenvalue weighted by Gasteiger charge is -2.26. The zero-order valence-corrected chi connectivity index (χ0v) is 16.1. The fourth-order valence-electron chi connectivity index (χ4n) is 2.81. The minimum Gasteiger partial charge on any atom is -0.333 e. The number of hydrogen-bond donors (Lipinski definition) is 1. The van der Waals surface area contributed by atoms with Gasteiger partial charge in [0.15, 0.2) is 10.6 Å². The zero-order chi connectivity index (χ0) is 18.5. The topological polar surface area (TPSA) is 53.9 Å². The monoisotopic (exact) mass is 384 g/mol. The van der Waals surface area contributed by atoms with Crippen molar-refractivity contribution in [2.45, 2.75) is 19.5 Å². The third-order valence-electron chi connectivity index (χ3n) is 4.07. The number of amides is 1. The van der Waals surface area contributed by atoms with Crippen molar-refractivity contribution in [3.05, 3.63) is 70.8 Å². The molecular weight excluding hydrogens is 364 g/mol. The lowest BCUT2D eigenvalue weighted by atomic mass is 10.2. The molecule has 0 saturated carbocycles. The van der Waals surface area contributed by atoms with Crippen molar-refractivity contribution < 1.29 is 4.79 Å². The maximum absolute atomic E-state index is 13.2. The number of benzene rings is 1. The first-order chi connectivity index (χ1) is 12.6. The van der Waals surface area contributed by atoms with E-state index >= 15 is 0 Å². The second-order valence-electron chi connectivity index (χ2n) is 5.87. The molecule has 0 aliphatic rings. The normalized spacial score (nSPS) is 11.9. The highest BCUT2D eigenvalue weighted by Gasteiger charge is 2.25. The molecule has 7 heteroatoms. The van der Waals surface area contributed by atoms with Gasteiger partial charge in [-0.25, -0.2) is 0 Å². The number of hydrogen-bond acceptors (Lipinski definition) is 4. The van der Waals surface area contributed by atoms with E-state index in [-0.39, 0.29) is 5.91 Å². The second-order valence-corrected chi connectivity index (χ2v) is 7.20. The van der Waals surface area contributed by atoms with Crippen LogP contribution in [0.15, 0.2) is 60.5 Å². The van der Waals surface area contributed by atoms with Crippen LogP contribution in [0.25, 0.3) is 10.7 Å². The van der Waals surface area contributed by atoms with Crippen LogP contribution < -0.4 is 0 Å². The van der Waals surface area contributed by atoms with Gasteiger partial charge in [0, 0.05) is 13.1 Å². The maximum Gasteiger partial charge on any atom is 0.246 e. The summed E-state index contributed by atoms with van der Waals surface area (Å²) in [6.45, 7) is 6.63. The Bertz CT molecular complexity index is 928. The van der Waals surface area contributed by atoms with Gasteiger partial charge >= 0.3 is 0 Å². The Labute approximate surface area is 161 Å². The van der Waals surface area contributed by atoms with Gasteiger partial charge in [0.2, 0.25) is 5.91 Å². The highest BCUT2D eigenvalue weighted by Crippen LogP contribution is 2.26. The molecule has 1 unspecified atom stereocenters. The molecule has 0 saturated heterocycles. The van der Waals surface area contributed by atoms with E-state index in [0.29, 0.717) is 23.7 Å². The van der Waals surface area contributed by atoms with Gasteiger partial charge in [0.25, 0.3) is 0 Å².